The summed E-state index contributed by atoms with van der Waals surface area (Å²) in [6, 6.07) is 16.6. The number of nitrogens with one attached hydrogen (secondary N) is 1. The second-order valence-electron chi connectivity index (χ2n) is 8.52. The summed E-state index contributed by atoms with van der Waals surface area (Å²) in [5, 5.41) is 23.8. The van der Waals surface area contributed by atoms with Crippen LogP contribution in [0.4, 0.5) is 5.69 Å². The molecule has 2 atom stereocenters. The van der Waals surface area contributed by atoms with Crippen molar-refractivity contribution in [3.05, 3.63) is 93.2 Å². The Hall–Kier alpha value is -2.68. The molecule has 0 spiro atoms. The lowest BCUT2D eigenvalue weighted by Gasteiger charge is -2.44. The van der Waals surface area contributed by atoms with Crippen LogP contribution in [-0.2, 0) is 6.61 Å². The van der Waals surface area contributed by atoms with Crippen molar-refractivity contribution in [3.8, 4) is 0 Å². The first kappa shape index (κ1) is 25.4. The van der Waals surface area contributed by atoms with Crippen LogP contribution in [0.25, 0.3) is 0 Å². The van der Waals surface area contributed by atoms with Crippen molar-refractivity contribution < 1.29 is 15.0 Å². The van der Waals surface area contributed by atoms with E-state index in [2.05, 4.69) is 20.1 Å². The van der Waals surface area contributed by atoms with Crippen molar-refractivity contribution in [1.29, 1.82) is 0 Å². The van der Waals surface area contributed by atoms with Gasteiger partial charge < -0.3 is 20.4 Å². The highest BCUT2D eigenvalue weighted by molar-refractivity contribution is 6.33. The second-order valence-corrected chi connectivity index (χ2v) is 9.37. The molecular weight excluding hydrogens is 487 g/mol. The van der Waals surface area contributed by atoms with Crippen LogP contribution in [0.2, 0.25) is 10.0 Å². The zero-order valence-corrected chi connectivity index (χ0v) is 20.9. The summed E-state index contributed by atoms with van der Waals surface area (Å²) >= 11 is 12.8. The number of carbonyl (C=O) groups is 1. The number of β-amino-alcohol motifs (C(OH)–C–C–N with tert-alkyl or cyclic N) is 1. The molecule has 4 rings (SSSR count). The maximum Gasteiger partial charge on any atom is 0.251 e. The number of aliphatic hydroxyl groups is 2. The summed E-state index contributed by atoms with van der Waals surface area (Å²) in [5.41, 5.74) is 3.71. The van der Waals surface area contributed by atoms with E-state index in [1.807, 2.05) is 30.3 Å². The number of hydrogen-bond donors (Lipinski definition) is 3. The summed E-state index contributed by atoms with van der Waals surface area (Å²) in [4.78, 5) is 20.7. The first-order chi connectivity index (χ1) is 16.9. The van der Waals surface area contributed by atoms with Gasteiger partial charge in [0.25, 0.3) is 5.91 Å². The van der Waals surface area contributed by atoms with Gasteiger partial charge in [0, 0.05) is 55.6 Å². The fourth-order valence-corrected chi connectivity index (χ4v) is 4.78. The number of nitrogens with zero attached hydrogens (tertiary/aromatic N) is 3. The fraction of sp³-hybridized carbons (Fsp3) is 0.308. The third-order valence-corrected chi connectivity index (χ3v) is 6.85. The number of benzene rings is 2. The normalized spacial score (nSPS) is 17.3. The van der Waals surface area contributed by atoms with E-state index in [4.69, 9.17) is 23.2 Å². The number of carbonyl (C=O) groups excluding carboxylic acids is 1. The SMILES string of the molecule is CNC(=O)c1ccc(N2CCN(C[C@@H](O)c3ccc(CO)nc3)C[C@H]2c2ccc(Cl)cc2)c(Cl)c1. The quantitative estimate of drug-likeness (QED) is 0.443. The van der Waals surface area contributed by atoms with Gasteiger partial charge in [-0.25, -0.2) is 0 Å². The molecule has 0 bridgehead atoms. The number of hydrogen-bond acceptors (Lipinski definition) is 6. The Labute approximate surface area is 214 Å². The standard InChI is InChI=1S/C26H28Cl2N4O3/c1-29-26(35)18-5-9-23(22(28)12-18)32-11-10-31(14-24(32)17-2-6-20(27)7-3-17)15-25(34)19-4-8-21(16-33)30-13-19/h2-9,12-13,24-25,33-34H,10-11,14-16H2,1H3,(H,29,35)/t24-,25+/m0/s1. The number of rotatable bonds is 7. The highest BCUT2D eigenvalue weighted by Crippen LogP contribution is 2.36. The first-order valence-corrected chi connectivity index (χ1v) is 12.1. The van der Waals surface area contributed by atoms with Gasteiger partial charge in [-0.1, -0.05) is 41.4 Å². The van der Waals surface area contributed by atoms with Gasteiger partial charge in [-0.15, -0.1) is 0 Å². The molecule has 2 aromatic carbocycles. The van der Waals surface area contributed by atoms with Crippen LogP contribution in [0.1, 0.15) is 39.3 Å². The zero-order valence-electron chi connectivity index (χ0n) is 19.4. The van der Waals surface area contributed by atoms with Crippen LogP contribution in [-0.4, -0.2) is 59.2 Å². The Balaban J connectivity index is 1.57. The Morgan fingerprint density at radius 2 is 1.91 bits per heavy atom. The van der Waals surface area contributed by atoms with Crippen molar-refractivity contribution in [2.24, 2.45) is 0 Å². The molecule has 35 heavy (non-hydrogen) atoms. The molecule has 1 saturated heterocycles. The molecule has 0 radical (unpaired) electrons. The number of pyridine rings is 1. The van der Waals surface area contributed by atoms with E-state index < -0.39 is 6.10 Å². The largest absolute Gasteiger partial charge is 0.390 e. The van der Waals surface area contributed by atoms with Crippen molar-refractivity contribution in [3.63, 3.8) is 0 Å². The fourth-order valence-electron chi connectivity index (χ4n) is 4.37. The monoisotopic (exact) mass is 514 g/mol. The zero-order chi connectivity index (χ0) is 24.9. The summed E-state index contributed by atoms with van der Waals surface area (Å²) in [6.07, 6.45) is 0.903. The highest BCUT2D eigenvalue weighted by Gasteiger charge is 2.31. The summed E-state index contributed by atoms with van der Waals surface area (Å²) in [6.45, 7) is 2.38. The lowest BCUT2D eigenvalue weighted by Crippen LogP contribution is -2.49. The first-order valence-electron chi connectivity index (χ1n) is 11.4. The molecule has 9 heteroatoms. The number of aromatic nitrogens is 1. The maximum absolute atomic E-state index is 12.0. The molecule has 7 nitrogen and oxygen atoms in total. The molecule has 3 N–H and O–H groups in total. The van der Waals surface area contributed by atoms with Crippen molar-refractivity contribution in [2.45, 2.75) is 18.8 Å². The van der Waals surface area contributed by atoms with E-state index in [0.29, 0.717) is 46.5 Å². The minimum absolute atomic E-state index is 0.0357. The third-order valence-electron chi connectivity index (χ3n) is 6.29. The predicted octanol–water partition coefficient (Wildman–Crippen LogP) is 3.84. The molecule has 3 aromatic rings. The van der Waals surface area contributed by atoms with E-state index in [0.717, 1.165) is 17.8 Å². The third kappa shape index (κ3) is 5.94. The molecule has 2 heterocycles. The molecule has 1 aliphatic heterocycles. The van der Waals surface area contributed by atoms with Gasteiger partial charge in [-0.2, -0.15) is 0 Å². The van der Waals surface area contributed by atoms with E-state index in [1.54, 1.807) is 37.5 Å². The van der Waals surface area contributed by atoms with Gasteiger partial charge in [0.15, 0.2) is 0 Å². The Kier molecular flexibility index (Phi) is 8.26. The predicted molar refractivity (Wildman–Crippen MR) is 138 cm³/mol. The number of anilines is 1. The van der Waals surface area contributed by atoms with E-state index in [1.165, 1.54) is 0 Å². The Morgan fingerprint density at radius 3 is 2.54 bits per heavy atom. The number of amides is 1. The maximum atomic E-state index is 12.0. The van der Waals surface area contributed by atoms with Crippen LogP contribution in [0.15, 0.2) is 60.8 Å². The second kappa shape index (κ2) is 11.4. The van der Waals surface area contributed by atoms with E-state index in [-0.39, 0.29) is 18.6 Å². The molecule has 184 valence electrons. The Bertz CT molecular complexity index is 1160. The topological polar surface area (TPSA) is 88.9 Å². The molecule has 1 aromatic heterocycles. The highest BCUT2D eigenvalue weighted by atomic mass is 35.5. The summed E-state index contributed by atoms with van der Waals surface area (Å²) < 4.78 is 0. The lowest BCUT2D eigenvalue weighted by atomic mass is 10.00. The number of piperazine rings is 1. The van der Waals surface area contributed by atoms with Crippen LogP contribution >= 0.6 is 23.2 Å². The van der Waals surface area contributed by atoms with Crippen molar-refractivity contribution >= 4 is 34.8 Å². The summed E-state index contributed by atoms with van der Waals surface area (Å²) in [7, 11) is 1.59. The van der Waals surface area contributed by atoms with Crippen molar-refractivity contribution in [2.75, 3.05) is 38.1 Å². The number of aliphatic hydroxyl groups excluding tert-OH is 2. The van der Waals surface area contributed by atoms with Gasteiger partial charge in [0.1, 0.15) is 0 Å². The molecule has 1 amide bonds. The minimum Gasteiger partial charge on any atom is -0.390 e. The van der Waals surface area contributed by atoms with Crippen molar-refractivity contribution in [1.82, 2.24) is 15.2 Å². The molecule has 0 unspecified atom stereocenters. The van der Waals surface area contributed by atoms with Crippen LogP contribution < -0.4 is 10.2 Å². The van der Waals surface area contributed by atoms with Gasteiger partial charge in [0.2, 0.25) is 0 Å². The average Bonchev–Trinajstić information content (AvgIpc) is 2.88. The van der Waals surface area contributed by atoms with Gasteiger partial charge in [-0.3, -0.25) is 14.7 Å². The Morgan fingerprint density at radius 1 is 1.14 bits per heavy atom. The van der Waals surface area contributed by atoms with E-state index >= 15 is 0 Å². The number of halogens is 2. The molecule has 1 aliphatic rings. The van der Waals surface area contributed by atoms with Crippen LogP contribution in [0, 0.1) is 0 Å². The van der Waals surface area contributed by atoms with E-state index in [9.17, 15) is 15.0 Å². The van der Waals surface area contributed by atoms with Crippen LogP contribution in [0.3, 0.4) is 0 Å². The van der Waals surface area contributed by atoms with Crippen LogP contribution in [0.5, 0.6) is 0 Å². The smallest absolute Gasteiger partial charge is 0.251 e. The van der Waals surface area contributed by atoms with Gasteiger partial charge in [0.05, 0.1) is 35.2 Å². The summed E-state index contributed by atoms with van der Waals surface area (Å²) in [5.74, 6) is -0.187. The minimum atomic E-state index is -0.705. The molecule has 1 fully saturated rings. The lowest BCUT2D eigenvalue weighted by molar-refractivity contribution is 0.0963. The molecular formula is C26H28Cl2N4O3. The van der Waals surface area contributed by atoms with Gasteiger partial charge >= 0.3 is 0 Å². The molecule has 0 aliphatic carbocycles. The average molecular weight is 515 g/mol. The van der Waals surface area contributed by atoms with Gasteiger partial charge in [-0.05, 0) is 42.0 Å². The molecule has 0 saturated carbocycles.